The first-order valence-electron chi connectivity index (χ1n) is 3.96. The molecule has 0 aliphatic carbocycles. The van der Waals surface area contributed by atoms with Crippen molar-refractivity contribution in [3.63, 3.8) is 0 Å². The molecule has 0 saturated heterocycles. The molecule has 1 N–H and O–H groups in total. The Morgan fingerprint density at radius 3 is 3.00 bits per heavy atom. The molecule has 15 heavy (non-hydrogen) atoms. The molecule has 78 valence electrons. The molecule has 5 heteroatoms. The summed E-state index contributed by atoms with van der Waals surface area (Å²) in [5, 5.41) is 0. The zero-order valence-corrected chi connectivity index (χ0v) is 9.75. The van der Waals surface area contributed by atoms with Gasteiger partial charge in [-0.25, -0.2) is 9.87 Å². The number of amides is 1. The van der Waals surface area contributed by atoms with E-state index in [4.69, 9.17) is 6.42 Å². The van der Waals surface area contributed by atoms with Gasteiger partial charge >= 0.3 is 0 Å². The SMILES string of the molecule is C#CCONC(=O)c1ccc(F)cc1I. The molecular weight excluding hydrogens is 312 g/mol. The molecule has 0 bridgehead atoms. The Balaban J connectivity index is 2.70. The second-order valence-electron chi connectivity index (χ2n) is 2.55. The maximum Gasteiger partial charge on any atom is 0.275 e. The Kier molecular flexibility index (Phi) is 4.52. The summed E-state index contributed by atoms with van der Waals surface area (Å²) in [4.78, 5) is 16.1. The third-order valence-corrected chi connectivity index (χ3v) is 2.39. The summed E-state index contributed by atoms with van der Waals surface area (Å²) < 4.78 is 13.2. The van der Waals surface area contributed by atoms with Gasteiger partial charge in [-0.15, -0.1) is 6.42 Å². The van der Waals surface area contributed by atoms with Gasteiger partial charge in [-0.05, 0) is 40.8 Å². The smallest absolute Gasteiger partial charge is 0.267 e. The number of terminal acetylenes is 1. The van der Waals surface area contributed by atoms with Crippen LogP contribution in [-0.4, -0.2) is 12.5 Å². The number of rotatable bonds is 3. The van der Waals surface area contributed by atoms with E-state index >= 15 is 0 Å². The van der Waals surface area contributed by atoms with E-state index in [9.17, 15) is 9.18 Å². The number of nitrogens with one attached hydrogen (secondary N) is 1. The van der Waals surface area contributed by atoms with Crippen LogP contribution in [0.3, 0.4) is 0 Å². The predicted octanol–water partition coefficient (Wildman–Crippen LogP) is 1.72. The van der Waals surface area contributed by atoms with Crippen molar-refractivity contribution in [2.24, 2.45) is 0 Å². The first kappa shape index (κ1) is 11.9. The van der Waals surface area contributed by atoms with E-state index in [1.165, 1.54) is 18.2 Å². The van der Waals surface area contributed by atoms with Gasteiger partial charge in [-0.3, -0.25) is 9.63 Å². The third kappa shape index (κ3) is 3.49. The van der Waals surface area contributed by atoms with E-state index in [1.807, 2.05) is 22.6 Å². The lowest BCUT2D eigenvalue weighted by atomic mass is 10.2. The second-order valence-corrected chi connectivity index (χ2v) is 3.71. The van der Waals surface area contributed by atoms with Crippen molar-refractivity contribution < 1.29 is 14.0 Å². The standard InChI is InChI=1S/C10H7FINO2/c1-2-5-15-13-10(14)8-4-3-7(11)6-9(8)12/h1,3-4,6H,5H2,(H,13,14). The number of carbonyl (C=O) groups excluding carboxylic acids is 1. The summed E-state index contributed by atoms with van der Waals surface area (Å²) in [6.45, 7) is -0.0104. The van der Waals surface area contributed by atoms with E-state index in [0.29, 0.717) is 9.13 Å². The molecule has 0 heterocycles. The lowest BCUT2D eigenvalue weighted by Gasteiger charge is -2.05. The molecular formula is C10H7FINO2. The van der Waals surface area contributed by atoms with E-state index in [2.05, 4.69) is 16.2 Å². The predicted molar refractivity (Wildman–Crippen MR) is 61.4 cm³/mol. The monoisotopic (exact) mass is 319 g/mol. The van der Waals surface area contributed by atoms with Gasteiger partial charge in [0.15, 0.2) is 0 Å². The summed E-state index contributed by atoms with van der Waals surface area (Å²) in [6, 6.07) is 3.85. The van der Waals surface area contributed by atoms with Crippen LogP contribution in [-0.2, 0) is 4.84 Å². The highest BCUT2D eigenvalue weighted by molar-refractivity contribution is 14.1. The number of hydrogen-bond donors (Lipinski definition) is 1. The number of hydrogen-bond acceptors (Lipinski definition) is 2. The van der Waals surface area contributed by atoms with E-state index in [1.54, 1.807) is 0 Å². The van der Waals surface area contributed by atoms with Crippen LogP contribution in [0.5, 0.6) is 0 Å². The average molecular weight is 319 g/mol. The van der Waals surface area contributed by atoms with Crippen molar-refractivity contribution >= 4 is 28.5 Å². The summed E-state index contributed by atoms with van der Waals surface area (Å²) >= 11 is 1.87. The molecule has 0 spiro atoms. The molecule has 1 rings (SSSR count). The van der Waals surface area contributed by atoms with Gasteiger partial charge in [-0.2, -0.15) is 0 Å². The third-order valence-electron chi connectivity index (χ3n) is 1.50. The molecule has 0 saturated carbocycles. The Labute approximate surface area is 100 Å². The van der Waals surface area contributed by atoms with Crippen molar-refractivity contribution in [2.75, 3.05) is 6.61 Å². The first-order valence-corrected chi connectivity index (χ1v) is 5.03. The fourth-order valence-corrected chi connectivity index (χ4v) is 1.59. The maximum absolute atomic E-state index is 12.7. The largest absolute Gasteiger partial charge is 0.275 e. The highest BCUT2D eigenvalue weighted by atomic mass is 127. The van der Waals surface area contributed by atoms with E-state index in [-0.39, 0.29) is 12.4 Å². The van der Waals surface area contributed by atoms with Crippen molar-refractivity contribution in [3.8, 4) is 12.3 Å². The summed E-state index contributed by atoms with van der Waals surface area (Å²) in [6.07, 6.45) is 4.93. The molecule has 0 radical (unpaired) electrons. The molecule has 1 aromatic rings. The van der Waals surface area contributed by atoms with E-state index in [0.717, 1.165) is 0 Å². The van der Waals surface area contributed by atoms with Gasteiger partial charge in [0.1, 0.15) is 12.4 Å². The normalized spacial score (nSPS) is 9.40. The van der Waals surface area contributed by atoms with Crippen molar-refractivity contribution in [3.05, 3.63) is 33.1 Å². The second kappa shape index (κ2) is 5.68. The quantitative estimate of drug-likeness (QED) is 0.399. The molecule has 0 fully saturated rings. The van der Waals surface area contributed by atoms with Gasteiger partial charge in [0, 0.05) is 3.57 Å². The minimum atomic E-state index is -0.449. The van der Waals surface area contributed by atoms with Crippen LogP contribution in [0.25, 0.3) is 0 Å². The van der Waals surface area contributed by atoms with Gasteiger partial charge in [-0.1, -0.05) is 5.92 Å². The minimum Gasteiger partial charge on any atom is -0.267 e. The van der Waals surface area contributed by atoms with Crippen LogP contribution >= 0.6 is 22.6 Å². The van der Waals surface area contributed by atoms with Crippen molar-refractivity contribution in [1.29, 1.82) is 0 Å². The molecule has 1 aromatic carbocycles. The van der Waals surface area contributed by atoms with Crippen molar-refractivity contribution in [2.45, 2.75) is 0 Å². The van der Waals surface area contributed by atoms with Gasteiger partial charge < -0.3 is 0 Å². The minimum absolute atomic E-state index is 0.0104. The first-order chi connectivity index (χ1) is 7.15. The Morgan fingerprint density at radius 2 is 2.40 bits per heavy atom. The molecule has 0 aliphatic heterocycles. The lowest BCUT2D eigenvalue weighted by Crippen LogP contribution is -2.24. The summed E-state index contributed by atoms with van der Waals surface area (Å²) in [5.74, 6) is 1.36. The number of hydroxylamine groups is 1. The fraction of sp³-hybridized carbons (Fsp3) is 0.100. The average Bonchev–Trinajstić information content (AvgIpc) is 2.17. The number of carbonyl (C=O) groups is 1. The Hall–Kier alpha value is -1.13. The van der Waals surface area contributed by atoms with Crippen LogP contribution in [0.2, 0.25) is 0 Å². The highest BCUT2D eigenvalue weighted by Gasteiger charge is 2.09. The fourth-order valence-electron chi connectivity index (χ4n) is 0.872. The molecule has 0 aliphatic rings. The maximum atomic E-state index is 12.7. The van der Waals surface area contributed by atoms with Crippen LogP contribution in [0.15, 0.2) is 18.2 Å². The van der Waals surface area contributed by atoms with Gasteiger partial charge in [0.2, 0.25) is 0 Å². The van der Waals surface area contributed by atoms with Crippen LogP contribution in [0.4, 0.5) is 4.39 Å². The topological polar surface area (TPSA) is 38.3 Å². The summed E-state index contributed by atoms with van der Waals surface area (Å²) in [5.41, 5.74) is 2.49. The molecule has 3 nitrogen and oxygen atoms in total. The molecule has 0 unspecified atom stereocenters. The Morgan fingerprint density at radius 1 is 1.67 bits per heavy atom. The summed E-state index contributed by atoms with van der Waals surface area (Å²) in [7, 11) is 0. The lowest BCUT2D eigenvalue weighted by molar-refractivity contribution is 0.0437. The molecule has 0 atom stereocenters. The van der Waals surface area contributed by atoms with E-state index < -0.39 is 5.91 Å². The highest BCUT2D eigenvalue weighted by Crippen LogP contribution is 2.13. The zero-order valence-electron chi connectivity index (χ0n) is 7.59. The van der Waals surface area contributed by atoms with Crippen LogP contribution < -0.4 is 5.48 Å². The number of halogens is 2. The van der Waals surface area contributed by atoms with Gasteiger partial charge in [0.05, 0.1) is 5.56 Å². The molecule has 1 amide bonds. The van der Waals surface area contributed by atoms with Crippen molar-refractivity contribution in [1.82, 2.24) is 5.48 Å². The Bertz CT molecular complexity index is 414. The van der Waals surface area contributed by atoms with Crippen LogP contribution in [0, 0.1) is 21.7 Å². The van der Waals surface area contributed by atoms with Crippen LogP contribution in [0.1, 0.15) is 10.4 Å². The molecule has 0 aromatic heterocycles. The zero-order chi connectivity index (χ0) is 11.3. The number of benzene rings is 1. The van der Waals surface area contributed by atoms with Gasteiger partial charge in [0.25, 0.3) is 5.91 Å².